The van der Waals surface area contributed by atoms with Crippen molar-refractivity contribution in [2.75, 3.05) is 6.61 Å². The highest BCUT2D eigenvalue weighted by Crippen LogP contribution is 2.45. The molecule has 1 aromatic carbocycles. The molecule has 1 aliphatic carbocycles. The van der Waals surface area contributed by atoms with Crippen LogP contribution in [0.5, 0.6) is 5.75 Å². The molecule has 0 saturated heterocycles. The molecule has 2 aliphatic rings. The lowest BCUT2D eigenvalue weighted by Crippen LogP contribution is -2.15. The highest BCUT2D eigenvalue weighted by Gasteiger charge is 2.32. The first-order valence-corrected chi connectivity index (χ1v) is 9.08. The first-order chi connectivity index (χ1) is 12.5. The van der Waals surface area contributed by atoms with Crippen molar-refractivity contribution in [1.29, 1.82) is 0 Å². The molecule has 0 unspecified atom stereocenters. The van der Waals surface area contributed by atoms with Gasteiger partial charge in [-0.3, -0.25) is 0 Å². The summed E-state index contributed by atoms with van der Waals surface area (Å²) < 4.78 is 29.6. The Kier molecular flexibility index (Phi) is 4.76. The molecule has 0 N–H and O–H groups in total. The lowest BCUT2D eigenvalue weighted by Gasteiger charge is -2.21. The maximum absolute atomic E-state index is 12.3. The van der Waals surface area contributed by atoms with Gasteiger partial charge in [-0.25, -0.2) is 13.8 Å². The molecule has 0 amide bonds. The molecule has 2 heterocycles. The Morgan fingerprint density at radius 2 is 2.00 bits per heavy atom. The molecule has 0 spiro atoms. The van der Waals surface area contributed by atoms with E-state index in [-0.39, 0.29) is 5.75 Å². The minimum absolute atomic E-state index is 0.272. The van der Waals surface area contributed by atoms with Crippen LogP contribution in [0.15, 0.2) is 36.0 Å². The van der Waals surface area contributed by atoms with E-state index < -0.39 is 13.0 Å². The molecule has 1 aliphatic heterocycles. The van der Waals surface area contributed by atoms with Gasteiger partial charge in [-0.2, -0.15) is 0 Å². The summed E-state index contributed by atoms with van der Waals surface area (Å²) in [4.78, 5) is 6.45. The normalized spacial score (nSPS) is 15.7. The number of halogens is 4. The molecule has 0 atom stereocenters. The van der Waals surface area contributed by atoms with Crippen molar-refractivity contribution in [3.63, 3.8) is 0 Å². The summed E-state index contributed by atoms with van der Waals surface area (Å²) in [6, 6.07) is 7.27. The maximum Gasteiger partial charge on any atom is 0.272 e. The summed E-state index contributed by atoms with van der Waals surface area (Å²) >= 11 is 12.5. The maximum atomic E-state index is 12.3. The van der Waals surface area contributed by atoms with Gasteiger partial charge < -0.3 is 9.64 Å². The molecule has 0 radical (unpaired) electrons. The van der Waals surface area contributed by atoms with E-state index in [1.165, 1.54) is 11.3 Å². The zero-order valence-corrected chi connectivity index (χ0v) is 15.3. The number of alkyl halides is 2. The van der Waals surface area contributed by atoms with Crippen molar-refractivity contribution in [3.8, 4) is 5.75 Å². The van der Waals surface area contributed by atoms with Crippen LogP contribution in [0.4, 0.5) is 8.78 Å². The molecular weight excluding hydrogens is 381 g/mol. The van der Waals surface area contributed by atoms with E-state index in [4.69, 9.17) is 27.9 Å². The van der Waals surface area contributed by atoms with Gasteiger partial charge in [0.2, 0.25) is 0 Å². The van der Waals surface area contributed by atoms with E-state index in [0.717, 1.165) is 29.5 Å². The van der Waals surface area contributed by atoms with Crippen molar-refractivity contribution in [3.05, 3.63) is 62.9 Å². The highest BCUT2D eigenvalue weighted by atomic mass is 35.5. The lowest BCUT2D eigenvalue weighted by molar-refractivity contribution is 0.0819. The summed E-state index contributed by atoms with van der Waals surface area (Å²) in [6.07, 6.45) is 1.41. The number of nitrogens with zero attached hydrogens (tertiary/aromatic N) is 2. The lowest BCUT2D eigenvalue weighted by atomic mass is 10.1. The fraction of sp³-hybridized carbons (Fsp3) is 0.316. The van der Waals surface area contributed by atoms with Gasteiger partial charge in [0.05, 0.1) is 5.02 Å². The number of aromatic nitrogens is 1. The van der Waals surface area contributed by atoms with E-state index in [9.17, 15) is 8.78 Å². The van der Waals surface area contributed by atoms with Crippen molar-refractivity contribution in [2.24, 2.45) is 0 Å². The second-order valence-corrected chi connectivity index (χ2v) is 7.17. The van der Waals surface area contributed by atoms with E-state index in [2.05, 4.69) is 9.88 Å². The second-order valence-electron chi connectivity index (χ2n) is 6.40. The molecule has 0 bridgehead atoms. The van der Waals surface area contributed by atoms with Crippen LogP contribution in [0.3, 0.4) is 0 Å². The molecule has 1 saturated carbocycles. The fourth-order valence-electron chi connectivity index (χ4n) is 3.26. The van der Waals surface area contributed by atoms with Gasteiger partial charge in [0, 0.05) is 36.1 Å². The van der Waals surface area contributed by atoms with Crippen molar-refractivity contribution >= 4 is 28.9 Å². The standard InChI is InChI=1S/C19H16Cl2F2N2O/c20-15-7-11(1-4-16(15)26-10-17(22)23)8-25-9-14-13(5-6-24-19(14)21)18(25)12-2-3-12/h1,4-7,17H,2-3,8-10H2. The third kappa shape index (κ3) is 3.51. The number of ether oxygens (including phenoxy) is 1. The molecule has 7 heteroatoms. The van der Waals surface area contributed by atoms with E-state index in [0.29, 0.717) is 23.3 Å². The number of rotatable bonds is 5. The molecule has 1 fully saturated rings. The summed E-state index contributed by atoms with van der Waals surface area (Å²) in [5, 5.41) is 0.873. The Morgan fingerprint density at radius 1 is 1.19 bits per heavy atom. The van der Waals surface area contributed by atoms with Crippen LogP contribution in [-0.4, -0.2) is 22.9 Å². The van der Waals surface area contributed by atoms with E-state index >= 15 is 0 Å². The minimum atomic E-state index is -2.53. The summed E-state index contributed by atoms with van der Waals surface area (Å²) in [5.74, 6) is 0.272. The highest BCUT2D eigenvalue weighted by molar-refractivity contribution is 6.32. The third-order valence-electron chi connectivity index (χ3n) is 4.49. The average molecular weight is 397 g/mol. The van der Waals surface area contributed by atoms with Gasteiger partial charge in [-0.15, -0.1) is 0 Å². The molecule has 1 aromatic heterocycles. The number of fused-ring (bicyclic) bond motifs is 1. The van der Waals surface area contributed by atoms with Crippen molar-refractivity contribution in [1.82, 2.24) is 9.88 Å². The number of allylic oxidation sites excluding steroid dienone is 1. The largest absolute Gasteiger partial charge is 0.486 e. The Bertz CT molecular complexity index is 880. The molecule has 4 rings (SSSR count). The van der Waals surface area contributed by atoms with Gasteiger partial charge in [0.15, 0.2) is 0 Å². The number of benzene rings is 1. The predicted octanol–water partition coefficient (Wildman–Crippen LogP) is 5.55. The Labute approximate surface area is 160 Å². The monoisotopic (exact) mass is 396 g/mol. The number of hydrogen-bond donors (Lipinski definition) is 0. The minimum Gasteiger partial charge on any atom is -0.486 e. The zero-order valence-electron chi connectivity index (χ0n) is 13.8. The number of hydrogen-bond acceptors (Lipinski definition) is 3. The molecule has 2 aromatic rings. The SMILES string of the molecule is FC(F)COc1ccc(CN2Cc3c(ccnc3Cl)C2=C2CC2)cc1Cl. The van der Waals surface area contributed by atoms with Gasteiger partial charge in [0.25, 0.3) is 6.43 Å². The van der Waals surface area contributed by atoms with Crippen LogP contribution >= 0.6 is 23.2 Å². The average Bonchev–Trinajstić information content (AvgIpc) is 3.36. The van der Waals surface area contributed by atoms with E-state index in [1.54, 1.807) is 18.3 Å². The first-order valence-electron chi connectivity index (χ1n) is 8.33. The van der Waals surface area contributed by atoms with Crippen LogP contribution in [0, 0.1) is 0 Å². The van der Waals surface area contributed by atoms with Crippen molar-refractivity contribution < 1.29 is 13.5 Å². The number of pyridine rings is 1. The van der Waals surface area contributed by atoms with Gasteiger partial charge >= 0.3 is 0 Å². The van der Waals surface area contributed by atoms with Crippen LogP contribution in [0.2, 0.25) is 10.2 Å². The molecular formula is C19H16Cl2F2N2O. The van der Waals surface area contributed by atoms with Crippen LogP contribution < -0.4 is 4.74 Å². The molecule has 136 valence electrons. The summed E-state index contributed by atoms with van der Waals surface area (Å²) in [6.45, 7) is 0.684. The zero-order chi connectivity index (χ0) is 18.3. The quantitative estimate of drug-likeness (QED) is 0.619. The van der Waals surface area contributed by atoms with Crippen LogP contribution in [0.1, 0.15) is 29.5 Å². The fourth-order valence-corrected chi connectivity index (χ4v) is 3.74. The first kappa shape index (κ1) is 17.6. The Morgan fingerprint density at radius 3 is 2.69 bits per heavy atom. The predicted molar refractivity (Wildman–Crippen MR) is 97.6 cm³/mol. The van der Waals surface area contributed by atoms with Gasteiger partial charge in [0.1, 0.15) is 17.5 Å². The molecule has 3 nitrogen and oxygen atoms in total. The van der Waals surface area contributed by atoms with Gasteiger partial charge in [-0.1, -0.05) is 29.3 Å². The van der Waals surface area contributed by atoms with Gasteiger partial charge in [-0.05, 0) is 42.2 Å². The second kappa shape index (κ2) is 7.05. The Balaban J connectivity index is 1.56. The smallest absolute Gasteiger partial charge is 0.272 e. The molecule has 26 heavy (non-hydrogen) atoms. The third-order valence-corrected chi connectivity index (χ3v) is 5.11. The van der Waals surface area contributed by atoms with Crippen molar-refractivity contribution in [2.45, 2.75) is 32.4 Å². The summed E-state index contributed by atoms with van der Waals surface area (Å²) in [7, 11) is 0. The van der Waals surface area contributed by atoms with Crippen LogP contribution in [-0.2, 0) is 13.1 Å². The summed E-state index contributed by atoms with van der Waals surface area (Å²) in [5.41, 5.74) is 5.84. The Hall–Kier alpha value is -1.85. The topological polar surface area (TPSA) is 25.4 Å². The van der Waals surface area contributed by atoms with E-state index in [1.807, 2.05) is 12.1 Å². The van der Waals surface area contributed by atoms with Crippen LogP contribution in [0.25, 0.3) is 5.70 Å².